The maximum Gasteiger partial charge on any atom is 0.247 e. The Balaban J connectivity index is 2.42. The number of ether oxygens (including phenoxy) is 1. The Morgan fingerprint density at radius 3 is 2.85 bits per heavy atom. The number of benzene rings is 1. The number of nitrogens with zero attached hydrogens (tertiary/aromatic N) is 1. The lowest BCUT2D eigenvalue weighted by Crippen LogP contribution is -2.49. The van der Waals surface area contributed by atoms with Crippen molar-refractivity contribution in [3.8, 4) is 5.75 Å². The Labute approximate surface area is 117 Å². The summed E-state index contributed by atoms with van der Waals surface area (Å²) in [5, 5.41) is 2.59. The van der Waals surface area contributed by atoms with Crippen LogP contribution in [0.3, 0.4) is 0 Å². The molecular weight excluding hydrogens is 282 g/mol. The number of carbonyl (C=O) groups excluding carboxylic acids is 1. The fourth-order valence-corrected chi connectivity index (χ4v) is 3.52. The topological polar surface area (TPSA) is 102 Å². The summed E-state index contributed by atoms with van der Waals surface area (Å²) >= 11 is 0. The van der Waals surface area contributed by atoms with Crippen LogP contribution in [0.25, 0.3) is 0 Å². The summed E-state index contributed by atoms with van der Waals surface area (Å²) < 4.78 is 31.6. The molecule has 1 fully saturated rings. The molecule has 0 spiro atoms. The van der Waals surface area contributed by atoms with E-state index < -0.39 is 10.0 Å². The highest BCUT2D eigenvalue weighted by Gasteiger charge is 2.31. The van der Waals surface area contributed by atoms with E-state index in [4.69, 9.17) is 10.5 Å². The summed E-state index contributed by atoms with van der Waals surface area (Å²) in [5.41, 5.74) is 5.99. The lowest BCUT2D eigenvalue weighted by molar-refractivity contribution is -0.122. The Bertz CT molecular complexity index is 615. The number of sulfonamides is 1. The highest BCUT2D eigenvalue weighted by Crippen LogP contribution is 2.29. The SMILES string of the molecule is CCOc1ccc(N)cc1S(=O)(=O)N1CCNC(=O)C1. The first-order chi connectivity index (χ1) is 9.45. The van der Waals surface area contributed by atoms with Gasteiger partial charge in [-0.25, -0.2) is 8.42 Å². The van der Waals surface area contributed by atoms with Crippen molar-refractivity contribution in [3.05, 3.63) is 18.2 Å². The zero-order valence-corrected chi connectivity index (χ0v) is 11.9. The number of hydrogen-bond acceptors (Lipinski definition) is 5. The van der Waals surface area contributed by atoms with Crippen LogP contribution >= 0.6 is 0 Å². The van der Waals surface area contributed by atoms with Crippen molar-refractivity contribution in [2.75, 3.05) is 32.0 Å². The van der Waals surface area contributed by atoms with Crippen LogP contribution in [0.4, 0.5) is 5.69 Å². The van der Waals surface area contributed by atoms with Gasteiger partial charge in [-0.15, -0.1) is 0 Å². The highest BCUT2D eigenvalue weighted by atomic mass is 32.2. The van der Waals surface area contributed by atoms with Gasteiger partial charge in [0.25, 0.3) is 0 Å². The molecule has 7 nitrogen and oxygen atoms in total. The van der Waals surface area contributed by atoms with E-state index in [-0.39, 0.29) is 29.6 Å². The first kappa shape index (κ1) is 14.6. The number of nitrogen functional groups attached to an aromatic ring is 1. The Kier molecular flexibility index (Phi) is 4.15. The monoisotopic (exact) mass is 299 g/mol. The van der Waals surface area contributed by atoms with Gasteiger partial charge in [-0.1, -0.05) is 0 Å². The van der Waals surface area contributed by atoms with E-state index in [1.54, 1.807) is 13.0 Å². The number of piperazine rings is 1. The normalized spacial score (nSPS) is 16.8. The van der Waals surface area contributed by atoms with E-state index >= 15 is 0 Å². The van der Waals surface area contributed by atoms with Gasteiger partial charge in [-0.3, -0.25) is 4.79 Å². The van der Waals surface area contributed by atoms with Crippen molar-refractivity contribution in [3.63, 3.8) is 0 Å². The number of nitrogens with one attached hydrogen (secondary N) is 1. The molecule has 8 heteroatoms. The maximum absolute atomic E-state index is 12.6. The second kappa shape index (κ2) is 5.68. The molecule has 0 saturated carbocycles. The lowest BCUT2D eigenvalue weighted by Gasteiger charge is -2.26. The van der Waals surface area contributed by atoms with Crippen molar-refractivity contribution in [2.24, 2.45) is 0 Å². The zero-order valence-electron chi connectivity index (χ0n) is 11.1. The van der Waals surface area contributed by atoms with Gasteiger partial charge in [0.15, 0.2) is 0 Å². The molecule has 0 aromatic heterocycles. The Morgan fingerprint density at radius 2 is 2.20 bits per heavy atom. The minimum atomic E-state index is -3.80. The summed E-state index contributed by atoms with van der Waals surface area (Å²) in [6, 6.07) is 4.45. The number of hydrogen-bond donors (Lipinski definition) is 2. The maximum atomic E-state index is 12.6. The average molecular weight is 299 g/mol. The van der Waals surface area contributed by atoms with Crippen molar-refractivity contribution in [1.82, 2.24) is 9.62 Å². The third kappa shape index (κ3) is 2.86. The first-order valence-corrected chi connectivity index (χ1v) is 7.68. The Morgan fingerprint density at radius 1 is 1.45 bits per heavy atom. The van der Waals surface area contributed by atoms with E-state index in [9.17, 15) is 13.2 Å². The second-order valence-electron chi connectivity index (χ2n) is 4.33. The largest absolute Gasteiger partial charge is 0.492 e. The van der Waals surface area contributed by atoms with Crippen LogP contribution in [0.2, 0.25) is 0 Å². The standard InChI is InChI=1S/C12H17N3O4S/c1-2-19-10-4-3-9(13)7-11(10)20(17,18)15-6-5-14-12(16)8-15/h3-4,7H,2,5-6,8,13H2,1H3,(H,14,16). The van der Waals surface area contributed by atoms with Gasteiger partial charge in [0.2, 0.25) is 15.9 Å². The van der Waals surface area contributed by atoms with Gasteiger partial charge in [0.05, 0.1) is 13.2 Å². The molecule has 1 amide bonds. The number of nitrogens with two attached hydrogens (primary N) is 1. The predicted octanol–water partition coefficient (Wildman–Crippen LogP) is -0.212. The van der Waals surface area contributed by atoms with E-state index in [1.807, 2.05) is 0 Å². The number of rotatable bonds is 4. The second-order valence-corrected chi connectivity index (χ2v) is 6.23. The van der Waals surface area contributed by atoms with E-state index in [1.165, 1.54) is 12.1 Å². The molecule has 0 aliphatic carbocycles. The molecule has 1 aliphatic heterocycles. The van der Waals surface area contributed by atoms with Crippen LogP contribution in [0.1, 0.15) is 6.92 Å². The molecule has 20 heavy (non-hydrogen) atoms. The van der Waals surface area contributed by atoms with Crippen molar-refractivity contribution in [2.45, 2.75) is 11.8 Å². The van der Waals surface area contributed by atoms with Crippen LogP contribution in [0.15, 0.2) is 23.1 Å². The van der Waals surface area contributed by atoms with Crippen LogP contribution < -0.4 is 15.8 Å². The van der Waals surface area contributed by atoms with Gasteiger partial charge in [-0.05, 0) is 25.1 Å². The molecule has 0 bridgehead atoms. The summed E-state index contributed by atoms with van der Waals surface area (Å²) in [6.07, 6.45) is 0. The fourth-order valence-electron chi connectivity index (χ4n) is 1.96. The average Bonchev–Trinajstić information content (AvgIpc) is 2.41. The third-order valence-electron chi connectivity index (χ3n) is 2.89. The molecule has 1 aromatic rings. The summed E-state index contributed by atoms with van der Waals surface area (Å²) in [6.45, 7) is 2.44. The van der Waals surface area contributed by atoms with E-state index in [2.05, 4.69) is 5.32 Å². The Hall–Kier alpha value is -1.80. The number of anilines is 1. The predicted molar refractivity (Wildman–Crippen MR) is 73.8 cm³/mol. The van der Waals surface area contributed by atoms with Gasteiger partial charge in [-0.2, -0.15) is 4.31 Å². The molecule has 110 valence electrons. The third-order valence-corrected chi connectivity index (χ3v) is 4.76. The minimum absolute atomic E-state index is 0.00551. The quantitative estimate of drug-likeness (QED) is 0.749. The minimum Gasteiger partial charge on any atom is -0.492 e. The van der Waals surface area contributed by atoms with Gasteiger partial charge in [0, 0.05) is 18.8 Å². The lowest BCUT2D eigenvalue weighted by atomic mass is 10.3. The van der Waals surface area contributed by atoms with Gasteiger partial charge >= 0.3 is 0 Å². The first-order valence-electron chi connectivity index (χ1n) is 6.24. The summed E-state index contributed by atoms with van der Waals surface area (Å²) in [5.74, 6) is -0.0747. The van der Waals surface area contributed by atoms with Crippen LogP contribution in [0.5, 0.6) is 5.75 Å². The van der Waals surface area contributed by atoms with Crippen molar-refractivity contribution < 1.29 is 17.9 Å². The van der Waals surface area contributed by atoms with E-state index in [0.717, 1.165) is 4.31 Å². The summed E-state index contributed by atoms with van der Waals surface area (Å²) in [7, 11) is -3.80. The zero-order chi connectivity index (χ0) is 14.8. The van der Waals surface area contributed by atoms with Crippen molar-refractivity contribution in [1.29, 1.82) is 0 Å². The molecule has 0 radical (unpaired) electrons. The van der Waals surface area contributed by atoms with Crippen LogP contribution in [-0.4, -0.2) is 44.9 Å². The van der Waals surface area contributed by atoms with E-state index in [0.29, 0.717) is 18.8 Å². The summed E-state index contributed by atoms with van der Waals surface area (Å²) in [4.78, 5) is 11.4. The molecule has 3 N–H and O–H groups in total. The number of amides is 1. The van der Waals surface area contributed by atoms with Crippen molar-refractivity contribution >= 4 is 21.6 Å². The molecule has 2 rings (SSSR count). The highest BCUT2D eigenvalue weighted by molar-refractivity contribution is 7.89. The molecule has 0 unspecified atom stereocenters. The van der Waals surface area contributed by atoms with Gasteiger partial charge in [0.1, 0.15) is 10.6 Å². The molecule has 0 atom stereocenters. The molecule has 1 heterocycles. The molecule has 1 aromatic carbocycles. The van der Waals surface area contributed by atoms with Crippen LogP contribution in [-0.2, 0) is 14.8 Å². The molecule has 1 aliphatic rings. The number of carbonyl (C=O) groups is 1. The smallest absolute Gasteiger partial charge is 0.247 e. The molecular formula is C12H17N3O4S. The van der Waals surface area contributed by atoms with Gasteiger partial charge < -0.3 is 15.8 Å². The molecule has 1 saturated heterocycles. The fraction of sp³-hybridized carbons (Fsp3) is 0.417. The van der Waals surface area contributed by atoms with Crippen LogP contribution in [0, 0.1) is 0 Å².